The van der Waals surface area contributed by atoms with Crippen LogP contribution in [0, 0.1) is 13.8 Å². The van der Waals surface area contributed by atoms with Crippen molar-refractivity contribution in [3.05, 3.63) is 53.1 Å². The Morgan fingerprint density at radius 3 is 2.21 bits per heavy atom. The molecule has 7 heteroatoms. The van der Waals surface area contributed by atoms with E-state index in [1.807, 2.05) is 19.9 Å². The van der Waals surface area contributed by atoms with Crippen molar-refractivity contribution < 1.29 is 24.2 Å². The van der Waals surface area contributed by atoms with Gasteiger partial charge < -0.3 is 15.2 Å². The number of aryl methyl sites for hydroxylation is 2. The third-order valence-corrected chi connectivity index (χ3v) is 4.58. The molecule has 0 fully saturated rings. The summed E-state index contributed by atoms with van der Waals surface area (Å²) in [6.45, 7) is 6.39. The molecule has 1 aromatic heterocycles. The van der Waals surface area contributed by atoms with E-state index in [1.54, 1.807) is 30.3 Å². The van der Waals surface area contributed by atoms with Crippen molar-refractivity contribution in [2.24, 2.45) is 0 Å². The Kier molecular flexibility index (Phi) is 5.32. The molecule has 1 heterocycles. The van der Waals surface area contributed by atoms with Crippen molar-refractivity contribution in [2.45, 2.75) is 27.7 Å². The van der Waals surface area contributed by atoms with Crippen molar-refractivity contribution >= 4 is 34.4 Å². The van der Waals surface area contributed by atoms with Crippen molar-refractivity contribution in [1.29, 1.82) is 0 Å². The lowest BCUT2D eigenvalue weighted by Crippen LogP contribution is -2.11. The monoisotopic (exact) mass is 392 g/mol. The molecule has 0 spiro atoms. The van der Waals surface area contributed by atoms with Gasteiger partial charge in [-0.1, -0.05) is 24.3 Å². The van der Waals surface area contributed by atoms with Crippen LogP contribution in [0.25, 0.3) is 22.2 Å². The Morgan fingerprint density at radius 1 is 1.00 bits per heavy atom. The highest BCUT2D eigenvalue weighted by atomic mass is 16.5. The molecule has 1 amide bonds. The average molecular weight is 392 g/mol. The molecule has 3 rings (SSSR count). The first-order valence-corrected chi connectivity index (χ1v) is 8.92. The lowest BCUT2D eigenvalue weighted by Gasteiger charge is -2.16. The number of aromatic carboxylic acids is 1. The van der Waals surface area contributed by atoms with Gasteiger partial charge in [-0.25, -0.2) is 9.78 Å². The largest absolute Gasteiger partial charge is 0.478 e. The number of carboxylic acid groups (broad SMARTS) is 1. The van der Waals surface area contributed by atoms with Gasteiger partial charge in [-0.05, 0) is 37.1 Å². The normalized spacial score (nSPS) is 10.6. The summed E-state index contributed by atoms with van der Waals surface area (Å²) in [6.07, 6.45) is 0. The lowest BCUT2D eigenvalue weighted by atomic mass is 9.98. The summed E-state index contributed by atoms with van der Waals surface area (Å²) in [7, 11) is 0. The van der Waals surface area contributed by atoms with Crippen molar-refractivity contribution in [3.8, 4) is 17.0 Å². The first-order valence-electron chi connectivity index (χ1n) is 8.92. The van der Waals surface area contributed by atoms with Gasteiger partial charge in [0.2, 0.25) is 5.91 Å². The maximum Gasteiger partial charge on any atom is 0.340 e. The third kappa shape index (κ3) is 3.94. The zero-order chi connectivity index (χ0) is 21.3. The maximum absolute atomic E-state index is 12.1. The van der Waals surface area contributed by atoms with Gasteiger partial charge in [0.05, 0.1) is 5.52 Å². The molecule has 2 N–H and O–H groups in total. The smallest absolute Gasteiger partial charge is 0.340 e. The number of carbonyl (C=O) groups is 3. The number of fused-ring (bicyclic) bond motifs is 1. The molecule has 0 aliphatic carbocycles. The summed E-state index contributed by atoms with van der Waals surface area (Å²) in [6, 6.07) is 10.2. The number of nitrogens with one attached hydrogen (secondary N) is 1. The molecule has 0 aliphatic heterocycles. The number of pyridine rings is 1. The van der Waals surface area contributed by atoms with E-state index >= 15 is 0 Å². The summed E-state index contributed by atoms with van der Waals surface area (Å²) in [4.78, 5) is 39.7. The van der Waals surface area contributed by atoms with Crippen LogP contribution in [0.15, 0.2) is 36.4 Å². The molecular weight excluding hydrogens is 372 g/mol. The number of carbonyl (C=O) groups excluding carboxylic acids is 2. The molecule has 29 heavy (non-hydrogen) atoms. The van der Waals surface area contributed by atoms with Gasteiger partial charge in [0.1, 0.15) is 11.3 Å². The van der Waals surface area contributed by atoms with Crippen molar-refractivity contribution in [1.82, 2.24) is 4.98 Å². The van der Waals surface area contributed by atoms with Crippen LogP contribution in [0.1, 0.15) is 35.3 Å². The summed E-state index contributed by atoms with van der Waals surface area (Å²) < 4.78 is 5.31. The van der Waals surface area contributed by atoms with Gasteiger partial charge in [-0.3, -0.25) is 9.59 Å². The van der Waals surface area contributed by atoms with E-state index in [0.29, 0.717) is 22.2 Å². The number of hydrogen-bond donors (Lipinski definition) is 2. The van der Waals surface area contributed by atoms with E-state index in [2.05, 4.69) is 10.3 Å². The molecule has 0 saturated carbocycles. The van der Waals surface area contributed by atoms with Gasteiger partial charge in [0.25, 0.3) is 0 Å². The lowest BCUT2D eigenvalue weighted by molar-refractivity contribution is -0.131. The number of nitrogens with zero attached hydrogens (tertiary/aromatic N) is 1. The fraction of sp³-hybridized carbons (Fsp3) is 0.182. The van der Waals surface area contributed by atoms with Gasteiger partial charge in [-0.2, -0.15) is 0 Å². The van der Waals surface area contributed by atoms with E-state index < -0.39 is 11.9 Å². The second kappa shape index (κ2) is 7.71. The van der Waals surface area contributed by atoms with Crippen LogP contribution in [0.4, 0.5) is 5.69 Å². The molecule has 0 radical (unpaired) electrons. The Hall–Kier alpha value is -3.74. The number of hydrogen-bond acceptors (Lipinski definition) is 5. The summed E-state index contributed by atoms with van der Waals surface area (Å²) >= 11 is 0. The zero-order valence-electron chi connectivity index (χ0n) is 16.5. The van der Waals surface area contributed by atoms with Crippen molar-refractivity contribution in [2.75, 3.05) is 5.32 Å². The van der Waals surface area contributed by atoms with Crippen LogP contribution in [0.2, 0.25) is 0 Å². The molecule has 0 aliphatic rings. The van der Waals surface area contributed by atoms with Gasteiger partial charge in [0.15, 0.2) is 5.75 Å². The molecule has 3 aromatic rings. The minimum atomic E-state index is -1.21. The molecule has 0 saturated heterocycles. The molecular formula is C22H20N2O5. The standard InChI is InChI=1S/C22H20N2O5/c1-11-5-10-17-18(22(27)28)21(29-14(4)26)20(24-19(17)12(11)2)15-6-8-16(9-7-15)23-13(3)25/h5-10H,1-4H3,(H,23,25)(H,27,28). The van der Waals surface area contributed by atoms with E-state index in [1.165, 1.54) is 13.8 Å². The Bertz CT molecular complexity index is 1150. The molecule has 148 valence electrons. The number of amides is 1. The second-order valence-electron chi connectivity index (χ2n) is 6.73. The van der Waals surface area contributed by atoms with Crippen LogP contribution >= 0.6 is 0 Å². The fourth-order valence-electron chi connectivity index (χ4n) is 3.12. The number of aromatic nitrogens is 1. The third-order valence-electron chi connectivity index (χ3n) is 4.58. The SMILES string of the molecule is CC(=O)Nc1ccc(-c2nc3c(C)c(C)ccc3c(C(=O)O)c2OC(C)=O)cc1. The van der Waals surface area contributed by atoms with Gasteiger partial charge in [-0.15, -0.1) is 0 Å². The molecule has 0 bridgehead atoms. The number of benzene rings is 2. The number of esters is 1. The molecule has 0 atom stereocenters. The highest BCUT2D eigenvalue weighted by Gasteiger charge is 2.25. The molecule has 7 nitrogen and oxygen atoms in total. The van der Waals surface area contributed by atoms with E-state index in [9.17, 15) is 19.5 Å². The zero-order valence-corrected chi connectivity index (χ0v) is 16.5. The number of ether oxygens (including phenoxy) is 1. The number of rotatable bonds is 4. The maximum atomic E-state index is 12.1. The van der Waals surface area contributed by atoms with Crippen LogP contribution in [-0.4, -0.2) is 27.9 Å². The topological polar surface area (TPSA) is 106 Å². The molecule has 2 aromatic carbocycles. The fourth-order valence-corrected chi connectivity index (χ4v) is 3.12. The predicted molar refractivity (Wildman–Crippen MR) is 109 cm³/mol. The number of carboxylic acids is 1. The number of anilines is 1. The van der Waals surface area contributed by atoms with E-state index in [0.717, 1.165) is 11.1 Å². The van der Waals surface area contributed by atoms with Crippen molar-refractivity contribution in [3.63, 3.8) is 0 Å². The van der Waals surface area contributed by atoms with Crippen LogP contribution in [0.5, 0.6) is 5.75 Å². The van der Waals surface area contributed by atoms with Gasteiger partial charge in [0, 0.05) is 30.5 Å². The highest BCUT2D eigenvalue weighted by Crippen LogP contribution is 2.38. The first-order chi connectivity index (χ1) is 13.7. The summed E-state index contributed by atoms with van der Waals surface area (Å²) in [5, 5.41) is 13.0. The predicted octanol–water partition coefficient (Wildman–Crippen LogP) is 4.10. The van der Waals surface area contributed by atoms with Crippen LogP contribution in [-0.2, 0) is 9.59 Å². The van der Waals surface area contributed by atoms with E-state index in [-0.39, 0.29) is 22.9 Å². The Morgan fingerprint density at radius 2 is 1.66 bits per heavy atom. The minimum Gasteiger partial charge on any atom is -0.478 e. The minimum absolute atomic E-state index is 0.104. The summed E-state index contributed by atoms with van der Waals surface area (Å²) in [5.74, 6) is -2.17. The van der Waals surface area contributed by atoms with Gasteiger partial charge >= 0.3 is 11.9 Å². The Labute approximate surface area is 167 Å². The van der Waals surface area contributed by atoms with Crippen LogP contribution < -0.4 is 10.1 Å². The second-order valence-corrected chi connectivity index (χ2v) is 6.73. The van der Waals surface area contributed by atoms with Crippen LogP contribution in [0.3, 0.4) is 0 Å². The molecule has 0 unspecified atom stereocenters. The highest BCUT2D eigenvalue weighted by molar-refractivity contribution is 6.08. The Balaban J connectivity index is 2.34. The average Bonchev–Trinajstić information content (AvgIpc) is 2.64. The quantitative estimate of drug-likeness (QED) is 0.648. The first kappa shape index (κ1) is 20.0. The summed E-state index contributed by atoms with van der Waals surface area (Å²) in [5.41, 5.74) is 3.60. The van der Waals surface area contributed by atoms with E-state index in [4.69, 9.17) is 4.74 Å².